The molecule has 0 saturated heterocycles. The minimum absolute atomic E-state index is 0. The molecule has 1 aliphatic rings. The van der Waals surface area contributed by atoms with Gasteiger partial charge in [-0.1, -0.05) is 109 Å². The van der Waals surface area contributed by atoms with E-state index in [-0.39, 0.29) is 7.43 Å². The van der Waals surface area contributed by atoms with Gasteiger partial charge in [-0.05, 0) is 60.2 Å². The van der Waals surface area contributed by atoms with Gasteiger partial charge in [-0.15, -0.1) is 0 Å². The third-order valence-electron chi connectivity index (χ3n) is 6.01. The summed E-state index contributed by atoms with van der Waals surface area (Å²) in [6.45, 7) is 31.2. The number of hydrogen-bond acceptors (Lipinski definition) is 0. The van der Waals surface area contributed by atoms with E-state index in [9.17, 15) is 0 Å². The van der Waals surface area contributed by atoms with Crippen molar-refractivity contribution < 1.29 is 0 Å². The highest BCUT2D eigenvalue weighted by Crippen LogP contribution is 2.52. The van der Waals surface area contributed by atoms with Crippen molar-refractivity contribution in [3.8, 4) is 0 Å². The lowest BCUT2D eigenvalue weighted by Gasteiger charge is -2.49. The van der Waals surface area contributed by atoms with Gasteiger partial charge in [0.1, 0.15) is 0 Å². The molecule has 0 radical (unpaired) electrons. The van der Waals surface area contributed by atoms with Gasteiger partial charge in [-0.2, -0.15) is 0 Å². The molecule has 0 atom stereocenters. The second-order valence-electron chi connectivity index (χ2n) is 10.3. The van der Waals surface area contributed by atoms with Gasteiger partial charge in [-0.25, -0.2) is 0 Å². The van der Waals surface area contributed by atoms with Crippen LogP contribution >= 0.6 is 0 Å². The molecule has 1 rings (SSSR count). The second-order valence-corrected chi connectivity index (χ2v) is 10.3. The van der Waals surface area contributed by atoms with E-state index >= 15 is 0 Å². The molecule has 160 valence electrons. The third-order valence-corrected chi connectivity index (χ3v) is 6.01. The van der Waals surface area contributed by atoms with Crippen LogP contribution < -0.4 is 0 Å². The summed E-state index contributed by atoms with van der Waals surface area (Å²) in [6.07, 6.45) is 5.78. The van der Waals surface area contributed by atoms with E-state index in [2.05, 4.69) is 89.7 Å². The van der Waals surface area contributed by atoms with Crippen molar-refractivity contribution in [3.63, 3.8) is 0 Å². The van der Waals surface area contributed by atoms with Crippen LogP contribution in [0.15, 0.2) is 12.2 Å². The maximum absolute atomic E-state index is 3.95. The Bertz CT molecular complexity index is 298. The number of allylic oxidation sites excluding steroid dienone is 1. The summed E-state index contributed by atoms with van der Waals surface area (Å²) in [5, 5.41) is 0. The molecule has 1 aliphatic carbocycles. The molecule has 0 heteroatoms. The molecule has 0 spiro atoms. The van der Waals surface area contributed by atoms with Gasteiger partial charge in [-0.3, -0.25) is 0 Å². The Morgan fingerprint density at radius 3 is 1.00 bits per heavy atom. The van der Waals surface area contributed by atoms with Gasteiger partial charge in [0.25, 0.3) is 0 Å². The lowest BCUT2D eigenvalue weighted by molar-refractivity contribution is 0.0135. The summed E-state index contributed by atoms with van der Waals surface area (Å²) in [4.78, 5) is 0. The fourth-order valence-electron chi connectivity index (χ4n) is 4.02. The fraction of sp³-hybridized carbons (Fsp3) is 0.923. The summed E-state index contributed by atoms with van der Waals surface area (Å²) < 4.78 is 0. The van der Waals surface area contributed by atoms with Crippen LogP contribution in [-0.2, 0) is 0 Å². The lowest BCUT2D eigenvalue weighted by Crippen LogP contribution is -2.39. The summed E-state index contributed by atoms with van der Waals surface area (Å²) in [7, 11) is 0. The van der Waals surface area contributed by atoms with Gasteiger partial charge in [0.15, 0.2) is 0 Å². The zero-order valence-corrected chi connectivity index (χ0v) is 20.0. The van der Waals surface area contributed by atoms with Crippen LogP contribution in [0.3, 0.4) is 0 Å². The minimum atomic E-state index is 0. The maximum atomic E-state index is 3.95. The van der Waals surface area contributed by atoms with Crippen molar-refractivity contribution in [1.29, 1.82) is 0 Å². The van der Waals surface area contributed by atoms with Crippen molar-refractivity contribution in [2.24, 2.45) is 40.9 Å². The van der Waals surface area contributed by atoms with Crippen LogP contribution in [-0.4, -0.2) is 0 Å². The summed E-state index contributed by atoms with van der Waals surface area (Å²) >= 11 is 0. The van der Waals surface area contributed by atoms with E-state index in [0.717, 1.165) is 29.1 Å². The average molecular weight is 369 g/mol. The largest absolute Gasteiger partial charge is 0.0993 e. The van der Waals surface area contributed by atoms with Gasteiger partial charge in [0.2, 0.25) is 0 Å². The second kappa shape index (κ2) is 14.8. The Labute approximate surface area is 169 Å². The first kappa shape index (κ1) is 30.5. The molecule has 0 aromatic rings. The predicted octanol–water partition coefficient (Wildman–Crippen LogP) is 9.65. The molecule has 0 aromatic heterocycles. The normalized spacial score (nSPS) is 15.3. The van der Waals surface area contributed by atoms with Gasteiger partial charge >= 0.3 is 0 Å². The Balaban J connectivity index is -0.000000306. The molecule has 0 N–H and O–H groups in total. The van der Waals surface area contributed by atoms with E-state index in [1.54, 1.807) is 0 Å². The zero-order chi connectivity index (χ0) is 20.4. The van der Waals surface area contributed by atoms with Crippen molar-refractivity contribution in [2.75, 3.05) is 0 Å². The molecule has 0 heterocycles. The van der Waals surface area contributed by atoms with Crippen molar-refractivity contribution >= 4 is 0 Å². The first-order chi connectivity index (χ1) is 11.3. The molecule has 0 aromatic carbocycles. The highest BCUT2D eigenvalue weighted by Gasteiger charge is 2.41. The van der Waals surface area contributed by atoms with Crippen LogP contribution in [0.4, 0.5) is 0 Å². The SMILES string of the molecule is C.C=C(C(C)C)C(C)C.CC(C)C1(C(C)C)CCC1.CC(C)CC(C)C. The molecule has 0 aliphatic heterocycles. The van der Waals surface area contributed by atoms with Gasteiger partial charge < -0.3 is 0 Å². The molecule has 0 bridgehead atoms. The summed E-state index contributed by atoms with van der Waals surface area (Å²) in [5.74, 6) is 4.83. The first-order valence-corrected chi connectivity index (χ1v) is 11.0. The van der Waals surface area contributed by atoms with Crippen LogP contribution in [0.25, 0.3) is 0 Å². The van der Waals surface area contributed by atoms with E-state index in [1.807, 2.05) is 0 Å². The Morgan fingerprint density at radius 2 is 1.00 bits per heavy atom. The average Bonchev–Trinajstić information content (AvgIpc) is 2.34. The number of rotatable bonds is 6. The van der Waals surface area contributed by atoms with E-state index in [0.29, 0.717) is 11.8 Å². The smallest absolute Gasteiger partial charge is 0.0251 e. The van der Waals surface area contributed by atoms with E-state index < -0.39 is 0 Å². The summed E-state index contributed by atoms with van der Waals surface area (Å²) in [6, 6.07) is 0. The van der Waals surface area contributed by atoms with Crippen LogP contribution in [0.1, 0.15) is 116 Å². The topological polar surface area (TPSA) is 0 Å². The zero-order valence-electron chi connectivity index (χ0n) is 20.0. The first-order valence-electron chi connectivity index (χ1n) is 11.0. The quantitative estimate of drug-likeness (QED) is 0.409. The van der Waals surface area contributed by atoms with Crippen molar-refractivity contribution in [1.82, 2.24) is 0 Å². The van der Waals surface area contributed by atoms with Crippen LogP contribution in [0.5, 0.6) is 0 Å². The fourth-order valence-corrected chi connectivity index (χ4v) is 4.02. The molecule has 1 saturated carbocycles. The van der Waals surface area contributed by atoms with Gasteiger partial charge in [0, 0.05) is 0 Å². The van der Waals surface area contributed by atoms with Crippen molar-refractivity contribution in [2.45, 2.75) is 116 Å². The molecule has 26 heavy (non-hydrogen) atoms. The predicted molar refractivity (Wildman–Crippen MR) is 126 cm³/mol. The van der Waals surface area contributed by atoms with E-state index in [1.165, 1.54) is 31.3 Å². The van der Waals surface area contributed by atoms with E-state index in [4.69, 9.17) is 0 Å². The monoisotopic (exact) mass is 368 g/mol. The molecular weight excluding hydrogens is 312 g/mol. The lowest BCUT2D eigenvalue weighted by atomic mass is 9.56. The molecule has 0 amide bonds. The number of hydrogen-bond donors (Lipinski definition) is 0. The Kier molecular flexibility index (Phi) is 17.3. The molecular formula is C26H56. The molecule has 0 nitrogen and oxygen atoms in total. The molecule has 0 unspecified atom stereocenters. The van der Waals surface area contributed by atoms with Crippen LogP contribution in [0.2, 0.25) is 0 Å². The minimum Gasteiger partial charge on any atom is -0.0993 e. The summed E-state index contributed by atoms with van der Waals surface area (Å²) in [5.41, 5.74) is 2.07. The maximum Gasteiger partial charge on any atom is -0.0251 e. The third kappa shape index (κ3) is 12.2. The Morgan fingerprint density at radius 1 is 0.692 bits per heavy atom. The Hall–Kier alpha value is -0.260. The van der Waals surface area contributed by atoms with Gasteiger partial charge in [0.05, 0.1) is 0 Å². The molecule has 1 fully saturated rings. The van der Waals surface area contributed by atoms with Crippen LogP contribution in [0, 0.1) is 40.9 Å². The standard InChI is InChI=1S/C10H20.C8H16.C7H16.CH4/c1-8(2)10(9(3)4)6-5-7-10;1-6(2)8(5)7(3)4;1-6(2)5-7(3)4;/h8-9H,5-7H2,1-4H3;6-7H,5H2,1-4H3;6-7H,5H2,1-4H3;1H4. The highest BCUT2D eigenvalue weighted by atomic mass is 14.5. The van der Waals surface area contributed by atoms with Crippen molar-refractivity contribution in [3.05, 3.63) is 12.2 Å². The highest BCUT2D eigenvalue weighted by molar-refractivity contribution is 4.99.